The van der Waals surface area contributed by atoms with Gasteiger partial charge >= 0.3 is 6.09 Å². The number of hydrogen-bond acceptors (Lipinski definition) is 7. The molecular formula is C27H23FN6O2. The molecule has 6 rings (SSSR count). The molecule has 9 heteroatoms. The Balaban J connectivity index is 1.13. The van der Waals surface area contributed by atoms with Gasteiger partial charge in [-0.25, -0.2) is 14.2 Å². The lowest BCUT2D eigenvalue weighted by atomic mass is 10.1. The van der Waals surface area contributed by atoms with E-state index >= 15 is 0 Å². The van der Waals surface area contributed by atoms with E-state index in [-0.39, 0.29) is 23.9 Å². The van der Waals surface area contributed by atoms with Crippen molar-refractivity contribution in [2.45, 2.75) is 31.4 Å². The highest BCUT2D eigenvalue weighted by Crippen LogP contribution is 2.38. The minimum atomic E-state index is -0.553. The second-order valence-electron chi connectivity index (χ2n) is 8.84. The maximum atomic E-state index is 14.5. The van der Waals surface area contributed by atoms with Crippen LogP contribution in [0.25, 0.3) is 0 Å². The van der Waals surface area contributed by atoms with Gasteiger partial charge in [0.25, 0.3) is 0 Å². The van der Waals surface area contributed by atoms with Gasteiger partial charge in [0.1, 0.15) is 6.10 Å². The number of aromatic nitrogens is 3. The Bertz CT molecular complexity index is 1410. The number of fused-ring (bicyclic) bond motifs is 3. The van der Waals surface area contributed by atoms with Gasteiger partial charge in [0.15, 0.2) is 11.6 Å². The molecule has 180 valence electrons. The van der Waals surface area contributed by atoms with Crippen molar-refractivity contribution in [2.24, 2.45) is 0 Å². The van der Waals surface area contributed by atoms with Crippen molar-refractivity contribution < 1.29 is 13.9 Å². The lowest BCUT2D eigenvalue weighted by Gasteiger charge is -2.12. The van der Waals surface area contributed by atoms with Crippen LogP contribution >= 0.6 is 0 Å². The van der Waals surface area contributed by atoms with Crippen LogP contribution in [0.2, 0.25) is 0 Å². The summed E-state index contributed by atoms with van der Waals surface area (Å²) in [5.74, 6) is -0.221. The quantitative estimate of drug-likeness (QED) is 0.341. The molecule has 4 aromatic rings. The number of aryl methyl sites for hydroxylation is 2. The molecule has 1 aliphatic heterocycles. The molecule has 2 aromatic heterocycles. The number of nitrogens with one attached hydrogen (secondary N) is 3. The highest BCUT2D eigenvalue weighted by atomic mass is 19.1. The summed E-state index contributed by atoms with van der Waals surface area (Å²) in [7, 11) is 0. The minimum Gasteiger partial charge on any atom is -0.443 e. The number of pyridine rings is 1. The van der Waals surface area contributed by atoms with Gasteiger partial charge in [0.05, 0.1) is 12.2 Å². The number of ether oxygens (including phenoxy) is 1. The van der Waals surface area contributed by atoms with Gasteiger partial charge in [0.2, 0.25) is 5.95 Å². The van der Waals surface area contributed by atoms with Gasteiger partial charge in [-0.2, -0.15) is 4.98 Å². The summed E-state index contributed by atoms with van der Waals surface area (Å²) in [5, 5.41) is 9.01. The van der Waals surface area contributed by atoms with Crippen LogP contribution in [0.3, 0.4) is 0 Å². The first-order chi connectivity index (χ1) is 17.6. The van der Waals surface area contributed by atoms with E-state index in [9.17, 15) is 9.18 Å². The zero-order chi connectivity index (χ0) is 24.5. The van der Waals surface area contributed by atoms with Crippen LogP contribution in [-0.2, 0) is 24.0 Å². The van der Waals surface area contributed by atoms with Crippen molar-refractivity contribution in [2.75, 3.05) is 10.6 Å². The Morgan fingerprint density at radius 1 is 1.00 bits per heavy atom. The highest BCUT2D eigenvalue weighted by Gasteiger charge is 2.41. The third-order valence-corrected chi connectivity index (χ3v) is 6.42. The Kier molecular flexibility index (Phi) is 5.65. The zero-order valence-corrected chi connectivity index (χ0v) is 19.2. The number of alkyl carbamates (subject to hydrolysis) is 1. The molecule has 2 atom stereocenters. The smallest absolute Gasteiger partial charge is 0.408 e. The Morgan fingerprint density at radius 2 is 1.86 bits per heavy atom. The van der Waals surface area contributed by atoms with Gasteiger partial charge in [-0.3, -0.25) is 4.98 Å². The van der Waals surface area contributed by atoms with E-state index in [0.717, 1.165) is 47.2 Å². The number of anilines is 4. The number of hydrogen-bond donors (Lipinski definition) is 3. The maximum Gasteiger partial charge on any atom is 0.408 e. The van der Waals surface area contributed by atoms with Crippen LogP contribution in [0, 0.1) is 5.82 Å². The third kappa shape index (κ3) is 4.55. The average Bonchev–Trinajstić information content (AvgIpc) is 3.42. The molecule has 2 aliphatic rings. The van der Waals surface area contributed by atoms with Crippen LogP contribution in [-0.4, -0.2) is 27.1 Å². The molecule has 0 saturated carbocycles. The largest absolute Gasteiger partial charge is 0.443 e. The van der Waals surface area contributed by atoms with Crippen molar-refractivity contribution >= 4 is 29.2 Å². The number of nitrogens with zero attached hydrogens (tertiary/aromatic N) is 3. The fourth-order valence-electron chi connectivity index (χ4n) is 4.62. The van der Waals surface area contributed by atoms with Gasteiger partial charge in [0, 0.05) is 29.7 Å². The molecule has 0 bridgehead atoms. The van der Waals surface area contributed by atoms with E-state index in [4.69, 9.17) is 4.74 Å². The van der Waals surface area contributed by atoms with E-state index in [0.29, 0.717) is 6.42 Å². The highest BCUT2D eigenvalue weighted by molar-refractivity contribution is 5.72. The zero-order valence-electron chi connectivity index (χ0n) is 19.2. The first-order valence-corrected chi connectivity index (χ1v) is 11.8. The Labute approximate surface area is 207 Å². The normalized spacial score (nSPS) is 17.6. The van der Waals surface area contributed by atoms with E-state index in [1.165, 1.54) is 5.56 Å². The van der Waals surface area contributed by atoms with Gasteiger partial charge in [-0.05, 0) is 65.9 Å². The summed E-state index contributed by atoms with van der Waals surface area (Å²) in [6.45, 7) is 0. The Hall–Kier alpha value is -4.53. The van der Waals surface area contributed by atoms with E-state index in [2.05, 4.69) is 30.9 Å². The number of rotatable bonds is 7. The van der Waals surface area contributed by atoms with Gasteiger partial charge < -0.3 is 20.7 Å². The SMILES string of the molecule is O=C1N[C@@H]2c3cc(Nc4ncc(F)c(Nc5ccc(CCc6ccccn6)cc5)n4)ccc3C[C@@H]2O1. The minimum absolute atomic E-state index is 0.0754. The third-order valence-electron chi connectivity index (χ3n) is 6.42. The fourth-order valence-corrected chi connectivity index (χ4v) is 4.62. The Morgan fingerprint density at radius 3 is 2.69 bits per heavy atom. The molecule has 1 amide bonds. The van der Waals surface area contributed by atoms with E-state index in [1.54, 1.807) is 6.20 Å². The van der Waals surface area contributed by atoms with Crippen LogP contribution in [0.15, 0.2) is 73.1 Å². The standard InChI is InChI=1S/C27H23FN6O2/c28-22-15-30-26(32-20-11-7-17-13-23-24(21(17)14-20)33-27(35)36-23)34-25(22)31-19-9-5-16(6-10-19)4-8-18-3-1-2-12-29-18/h1-3,5-7,9-12,14-15,23-24H,4,8,13H2,(H,33,35)(H2,30,31,32,34)/t23-,24+/m0/s1. The fraction of sp³-hybridized carbons (Fsp3) is 0.185. The number of amides is 1. The molecule has 3 heterocycles. The lowest BCUT2D eigenvalue weighted by Crippen LogP contribution is -2.18. The molecule has 1 fully saturated rings. The van der Waals surface area contributed by atoms with Crippen LogP contribution < -0.4 is 16.0 Å². The van der Waals surface area contributed by atoms with Crippen molar-refractivity contribution in [1.82, 2.24) is 20.3 Å². The summed E-state index contributed by atoms with van der Waals surface area (Å²) in [5.41, 5.74) is 5.80. The van der Waals surface area contributed by atoms with Crippen molar-refractivity contribution in [3.63, 3.8) is 0 Å². The summed E-state index contributed by atoms with van der Waals surface area (Å²) in [6, 6.07) is 19.4. The van der Waals surface area contributed by atoms with Gasteiger partial charge in [-0.15, -0.1) is 0 Å². The first-order valence-electron chi connectivity index (χ1n) is 11.8. The predicted molar refractivity (Wildman–Crippen MR) is 133 cm³/mol. The van der Waals surface area contributed by atoms with E-state index in [1.807, 2.05) is 60.7 Å². The summed E-state index contributed by atoms with van der Waals surface area (Å²) >= 11 is 0. The van der Waals surface area contributed by atoms with E-state index < -0.39 is 11.9 Å². The lowest BCUT2D eigenvalue weighted by molar-refractivity contribution is 0.136. The van der Waals surface area contributed by atoms with Crippen LogP contribution in [0.5, 0.6) is 0 Å². The first kappa shape index (κ1) is 22.0. The molecule has 0 spiro atoms. The number of benzene rings is 2. The molecule has 2 aromatic carbocycles. The molecule has 3 N–H and O–H groups in total. The number of carbonyl (C=O) groups excluding carboxylic acids is 1. The topological polar surface area (TPSA) is 101 Å². The maximum absolute atomic E-state index is 14.5. The summed E-state index contributed by atoms with van der Waals surface area (Å²) < 4.78 is 19.8. The summed E-state index contributed by atoms with van der Waals surface area (Å²) in [4.78, 5) is 24.3. The average molecular weight is 483 g/mol. The molecule has 36 heavy (non-hydrogen) atoms. The molecule has 1 saturated heterocycles. The monoisotopic (exact) mass is 482 g/mol. The number of carbonyl (C=O) groups is 1. The van der Waals surface area contributed by atoms with Crippen LogP contribution in [0.1, 0.15) is 28.4 Å². The van der Waals surface area contributed by atoms with Crippen molar-refractivity contribution in [3.05, 3.63) is 101 Å². The van der Waals surface area contributed by atoms with Crippen molar-refractivity contribution in [3.8, 4) is 0 Å². The van der Waals surface area contributed by atoms with Crippen molar-refractivity contribution in [1.29, 1.82) is 0 Å². The molecule has 1 aliphatic carbocycles. The second kappa shape index (κ2) is 9.26. The molecule has 0 radical (unpaired) electrons. The second-order valence-corrected chi connectivity index (χ2v) is 8.84. The molecular weight excluding hydrogens is 459 g/mol. The number of halogens is 1. The van der Waals surface area contributed by atoms with Crippen LogP contribution in [0.4, 0.5) is 32.3 Å². The molecule has 8 nitrogen and oxygen atoms in total. The molecule has 0 unspecified atom stereocenters. The summed E-state index contributed by atoms with van der Waals surface area (Å²) in [6.07, 6.45) is 4.76. The van der Waals surface area contributed by atoms with Gasteiger partial charge in [-0.1, -0.05) is 24.3 Å². The predicted octanol–water partition coefficient (Wildman–Crippen LogP) is 4.99.